The Kier molecular flexibility index (Phi) is 4.23. The van der Waals surface area contributed by atoms with Gasteiger partial charge in [-0.25, -0.2) is 0 Å². The Morgan fingerprint density at radius 2 is 2.00 bits per heavy atom. The molecule has 0 aromatic heterocycles. The number of aryl methyl sites for hydroxylation is 1. The number of nitrogens with two attached hydrogens (primary N) is 1. The Labute approximate surface area is 129 Å². The second-order valence-electron chi connectivity index (χ2n) is 4.44. The van der Waals surface area contributed by atoms with E-state index in [1.54, 1.807) is 6.07 Å². The fraction of sp³-hybridized carbons (Fsp3) is 0.0714. The second kappa shape index (κ2) is 5.92. The molecule has 0 spiro atoms. The lowest BCUT2D eigenvalue weighted by atomic mass is 10.1. The highest BCUT2D eigenvalue weighted by Gasteiger charge is 2.15. The van der Waals surface area contributed by atoms with Crippen molar-refractivity contribution in [3.8, 4) is 0 Å². The molecule has 0 heterocycles. The van der Waals surface area contributed by atoms with Gasteiger partial charge < -0.3 is 11.1 Å². The summed E-state index contributed by atoms with van der Waals surface area (Å²) in [5.74, 6) is -0.377. The Balaban J connectivity index is 2.26. The van der Waals surface area contributed by atoms with Crippen molar-refractivity contribution in [3.63, 3.8) is 0 Å². The van der Waals surface area contributed by atoms with Gasteiger partial charge >= 0.3 is 0 Å². The molecule has 2 rings (SSSR count). The van der Waals surface area contributed by atoms with Crippen molar-refractivity contribution >= 4 is 38.9 Å². The zero-order valence-corrected chi connectivity index (χ0v) is 12.7. The molecular formula is C14H12BrN3O3. The predicted octanol–water partition coefficient (Wildman–Crippen LogP) is 3.50. The summed E-state index contributed by atoms with van der Waals surface area (Å²) in [7, 11) is 0. The molecule has 0 aliphatic heterocycles. The van der Waals surface area contributed by atoms with Crippen molar-refractivity contribution in [2.24, 2.45) is 0 Å². The summed E-state index contributed by atoms with van der Waals surface area (Å²) in [6.07, 6.45) is 0. The van der Waals surface area contributed by atoms with Gasteiger partial charge in [0.05, 0.1) is 4.92 Å². The van der Waals surface area contributed by atoms with Gasteiger partial charge in [0.25, 0.3) is 11.6 Å². The first-order valence-corrected chi connectivity index (χ1v) is 6.79. The van der Waals surface area contributed by atoms with Crippen LogP contribution in [0.2, 0.25) is 0 Å². The highest BCUT2D eigenvalue weighted by molar-refractivity contribution is 9.10. The van der Waals surface area contributed by atoms with Crippen LogP contribution in [-0.4, -0.2) is 10.8 Å². The fourth-order valence-electron chi connectivity index (χ4n) is 1.79. The quantitative estimate of drug-likeness (QED) is 0.503. The minimum absolute atomic E-state index is 0.0429. The molecular weight excluding hydrogens is 338 g/mol. The Morgan fingerprint density at radius 3 is 2.62 bits per heavy atom. The smallest absolute Gasteiger partial charge is 0.292 e. The van der Waals surface area contributed by atoms with Gasteiger partial charge in [-0.2, -0.15) is 0 Å². The fourth-order valence-corrected chi connectivity index (χ4v) is 2.15. The largest absolute Gasteiger partial charge is 0.393 e. The number of halogens is 1. The van der Waals surface area contributed by atoms with Crippen LogP contribution in [0.15, 0.2) is 40.9 Å². The van der Waals surface area contributed by atoms with E-state index in [2.05, 4.69) is 21.2 Å². The monoisotopic (exact) mass is 349 g/mol. The summed E-state index contributed by atoms with van der Waals surface area (Å²) in [6.45, 7) is 1.87. The highest BCUT2D eigenvalue weighted by atomic mass is 79.9. The van der Waals surface area contributed by atoms with Crippen LogP contribution in [0.1, 0.15) is 15.9 Å². The maximum atomic E-state index is 12.2. The molecule has 1 amide bonds. The average molecular weight is 350 g/mol. The summed E-state index contributed by atoms with van der Waals surface area (Å²) in [5, 5.41) is 13.4. The van der Waals surface area contributed by atoms with Crippen molar-refractivity contribution in [1.82, 2.24) is 0 Å². The van der Waals surface area contributed by atoms with Crippen LogP contribution in [0.5, 0.6) is 0 Å². The summed E-state index contributed by atoms with van der Waals surface area (Å²) in [6, 6.07) is 9.40. The van der Waals surface area contributed by atoms with Crippen molar-refractivity contribution in [3.05, 3.63) is 62.1 Å². The lowest BCUT2D eigenvalue weighted by Gasteiger charge is -2.09. The van der Waals surface area contributed by atoms with E-state index in [1.807, 2.05) is 19.1 Å². The van der Waals surface area contributed by atoms with E-state index in [-0.39, 0.29) is 22.8 Å². The molecule has 2 aromatic carbocycles. The number of benzene rings is 2. The zero-order chi connectivity index (χ0) is 15.6. The van der Waals surface area contributed by atoms with Crippen molar-refractivity contribution < 1.29 is 9.72 Å². The van der Waals surface area contributed by atoms with Gasteiger partial charge in [-0.15, -0.1) is 0 Å². The van der Waals surface area contributed by atoms with Gasteiger partial charge in [-0.05, 0) is 36.8 Å². The normalized spacial score (nSPS) is 10.2. The molecule has 0 aliphatic carbocycles. The number of nitro benzene ring substituents is 1. The molecule has 0 bridgehead atoms. The van der Waals surface area contributed by atoms with E-state index >= 15 is 0 Å². The van der Waals surface area contributed by atoms with Crippen LogP contribution in [0.3, 0.4) is 0 Å². The summed E-state index contributed by atoms with van der Waals surface area (Å²) >= 11 is 3.33. The van der Waals surface area contributed by atoms with Gasteiger partial charge in [0, 0.05) is 21.8 Å². The van der Waals surface area contributed by atoms with E-state index in [0.29, 0.717) is 5.69 Å². The highest BCUT2D eigenvalue weighted by Crippen LogP contribution is 2.24. The first-order valence-electron chi connectivity index (χ1n) is 6.00. The molecule has 3 N–H and O–H groups in total. The predicted molar refractivity (Wildman–Crippen MR) is 84.3 cm³/mol. The third-order valence-corrected chi connectivity index (χ3v) is 3.43. The van der Waals surface area contributed by atoms with Crippen LogP contribution in [0, 0.1) is 17.0 Å². The van der Waals surface area contributed by atoms with Gasteiger partial charge in [0.1, 0.15) is 5.69 Å². The van der Waals surface area contributed by atoms with E-state index in [0.717, 1.165) is 10.0 Å². The Morgan fingerprint density at radius 1 is 1.29 bits per heavy atom. The molecule has 0 aliphatic rings. The third-order valence-electron chi connectivity index (χ3n) is 2.93. The van der Waals surface area contributed by atoms with Crippen molar-refractivity contribution in [2.75, 3.05) is 11.1 Å². The zero-order valence-electron chi connectivity index (χ0n) is 11.1. The van der Waals surface area contributed by atoms with Gasteiger partial charge in [-0.3, -0.25) is 14.9 Å². The topological polar surface area (TPSA) is 98.3 Å². The number of amides is 1. The number of anilines is 2. The first kappa shape index (κ1) is 15.0. The van der Waals surface area contributed by atoms with Gasteiger partial charge in [0.15, 0.2) is 0 Å². The molecule has 0 saturated carbocycles. The number of hydrogen-bond acceptors (Lipinski definition) is 4. The number of rotatable bonds is 3. The molecule has 0 fully saturated rings. The number of carbonyl (C=O) groups excluding carboxylic acids is 1. The van der Waals surface area contributed by atoms with Crippen LogP contribution >= 0.6 is 15.9 Å². The minimum Gasteiger partial charge on any atom is -0.393 e. The van der Waals surface area contributed by atoms with E-state index in [4.69, 9.17) is 5.73 Å². The van der Waals surface area contributed by atoms with E-state index in [9.17, 15) is 14.9 Å². The number of nitrogen functional groups attached to an aromatic ring is 1. The maximum Gasteiger partial charge on any atom is 0.292 e. The summed E-state index contributed by atoms with van der Waals surface area (Å²) < 4.78 is 0.839. The number of nitrogens with one attached hydrogen (secondary N) is 1. The third kappa shape index (κ3) is 3.38. The molecule has 6 nitrogen and oxygen atoms in total. The summed E-state index contributed by atoms with van der Waals surface area (Å²) in [5.41, 5.74) is 7.14. The van der Waals surface area contributed by atoms with Gasteiger partial charge in [-0.1, -0.05) is 22.0 Å². The van der Waals surface area contributed by atoms with Crippen molar-refractivity contribution in [2.45, 2.75) is 6.92 Å². The lowest BCUT2D eigenvalue weighted by Crippen LogP contribution is -2.13. The first-order chi connectivity index (χ1) is 9.88. The number of hydrogen-bond donors (Lipinski definition) is 2. The molecule has 21 heavy (non-hydrogen) atoms. The van der Waals surface area contributed by atoms with Crippen LogP contribution in [-0.2, 0) is 0 Å². The van der Waals surface area contributed by atoms with Crippen LogP contribution in [0.4, 0.5) is 17.1 Å². The minimum atomic E-state index is -0.588. The molecule has 108 valence electrons. The number of nitrogens with zero attached hydrogens (tertiary/aromatic N) is 1. The molecule has 0 saturated heterocycles. The van der Waals surface area contributed by atoms with Crippen LogP contribution < -0.4 is 11.1 Å². The van der Waals surface area contributed by atoms with Gasteiger partial charge in [0.2, 0.25) is 0 Å². The average Bonchev–Trinajstić information content (AvgIpc) is 2.42. The maximum absolute atomic E-state index is 12.2. The van der Waals surface area contributed by atoms with Crippen LogP contribution in [0.25, 0.3) is 0 Å². The SMILES string of the molecule is Cc1ccc(Br)cc1NC(=O)c1ccc([N+](=O)[O-])c(N)c1. The summed E-state index contributed by atoms with van der Waals surface area (Å²) in [4.78, 5) is 22.3. The number of nitro groups is 1. The Bertz CT molecular complexity index is 731. The molecule has 2 aromatic rings. The van der Waals surface area contributed by atoms with Crippen molar-refractivity contribution in [1.29, 1.82) is 0 Å². The van der Waals surface area contributed by atoms with E-state index in [1.165, 1.54) is 18.2 Å². The lowest BCUT2D eigenvalue weighted by molar-refractivity contribution is -0.383. The second-order valence-corrected chi connectivity index (χ2v) is 5.36. The number of carbonyl (C=O) groups is 1. The Hall–Kier alpha value is -2.41. The molecule has 0 radical (unpaired) electrons. The molecule has 0 unspecified atom stereocenters. The standard InChI is InChI=1S/C14H12BrN3O3/c1-8-2-4-10(15)7-12(8)17-14(19)9-3-5-13(18(20)21)11(16)6-9/h2-7H,16H2,1H3,(H,17,19). The van der Waals surface area contributed by atoms with E-state index < -0.39 is 4.92 Å². The molecule has 7 heteroatoms. The molecule has 0 atom stereocenters.